The second-order valence-electron chi connectivity index (χ2n) is 7.72. The maximum absolute atomic E-state index is 12.8. The van der Waals surface area contributed by atoms with Crippen molar-refractivity contribution in [3.05, 3.63) is 42.0 Å². The maximum Gasteiger partial charge on any atom is 0.163 e. The first-order chi connectivity index (χ1) is 11.9. The van der Waals surface area contributed by atoms with E-state index in [1.807, 2.05) is 56.3 Å². The van der Waals surface area contributed by atoms with Crippen molar-refractivity contribution in [1.29, 1.82) is 0 Å². The number of hydrogen-bond acceptors (Lipinski definition) is 4. The zero-order valence-electron chi connectivity index (χ0n) is 15.5. The van der Waals surface area contributed by atoms with Gasteiger partial charge in [-0.25, -0.2) is 0 Å². The van der Waals surface area contributed by atoms with Crippen LogP contribution in [0.2, 0.25) is 0 Å². The number of benzene rings is 1. The second kappa shape index (κ2) is 7.40. The van der Waals surface area contributed by atoms with Crippen molar-refractivity contribution in [3.63, 3.8) is 0 Å². The van der Waals surface area contributed by atoms with Crippen molar-refractivity contribution in [2.75, 3.05) is 6.61 Å². The molecule has 0 radical (unpaired) electrons. The zero-order chi connectivity index (χ0) is 18.0. The fraction of sp³-hybridized carbons (Fsp3) is 0.571. The van der Waals surface area contributed by atoms with Crippen LogP contribution in [0.3, 0.4) is 0 Å². The molecule has 25 heavy (non-hydrogen) atoms. The molecule has 0 bridgehead atoms. The van der Waals surface area contributed by atoms with E-state index >= 15 is 0 Å². The van der Waals surface area contributed by atoms with Crippen LogP contribution in [-0.2, 0) is 19.0 Å². The summed E-state index contributed by atoms with van der Waals surface area (Å²) in [5.41, 5.74) is 1.10. The highest BCUT2D eigenvalue weighted by Crippen LogP contribution is 2.34. The first-order valence-electron chi connectivity index (χ1n) is 9.09. The fourth-order valence-corrected chi connectivity index (χ4v) is 3.66. The Balaban J connectivity index is 1.77. The summed E-state index contributed by atoms with van der Waals surface area (Å²) in [5.74, 6) is -0.244. The van der Waals surface area contributed by atoms with E-state index in [2.05, 4.69) is 13.8 Å². The molecular formula is C21H28O4. The van der Waals surface area contributed by atoms with Gasteiger partial charge in [0.05, 0.1) is 18.8 Å². The van der Waals surface area contributed by atoms with E-state index in [0.717, 1.165) is 5.56 Å². The number of carbonyl (C=O) groups is 1. The highest BCUT2D eigenvalue weighted by atomic mass is 16.7. The molecule has 2 fully saturated rings. The summed E-state index contributed by atoms with van der Waals surface area (Å²) < 4.78 is 17.9. The number of ether oxygens (including phenoxy) is 3. The molecule has 0 aromatic heterocycles. The van der Waals surface area contributed by atoms with Gasteiger partial charge in [-0.1, -0.05) is 56.3 Å². The quantitative estimate of drug-likeness (QED) is 0.832. The average Bonchev–Trinajstić information content (AvgIpc) is 2.93. The molecule has 2 heterocycles. The molecule has 0 unspecified atom stereocenters. The SMILES string of the molecule is CC(C)[C@@H]1C(=O)C[C@H]([C@H]2COC(C)(C)O2)O[C@@H]1/C=C/c1ccccc1. The lowest BCUT2D eigenvalue weighted by Gasteiger charge is -2.38. The zero-order valence-corrected chi connectivity index (χ0v) is 15.5. The van der Waals surface area contributed by atoms with E-state index in [0.29, 0.717) is 13.0 Å². The third kappa shape index (κ3) is 4.38. The molecule has 4 nitrogen and oxygen atoms in total. The molecule has 0 spiro atoms. The summed E-state index contributed by atoms with van der Waals surface area (Å²) in [6.07, 6.45) is 3.76. The van der Waals surface area contributed by atoms with Crippen LogP contribution < -0.4 is 0 Å². The second-order valence-corrected chi connectivity index (χ2v) is 7.72. The Morgan fingerprint density at radius 1 is 1.16 bits per heavy atom. The van der Waals surface area contributed by atoms with Gasteiger partial charge in [-0.2, -0.15) is 0 Å². The lowest BCUT2D eigenvalue weighted by molar-refractivity contribution is -0.178. The van der Waals surface area contributed by atoms with Gasteiger partial charge in [0.15, 0.2) is 5.79 Å². The highest BCUT2D eigenvalue weighted by molar-refractivity contribution is 5.83. The van der Waals surface area contributed by atoms with Gasteiger partial charge < -0.3 is 14.2 Å². The van der Waals surface area contributed by atoms with E-state index in [1.165, 1.54) is 0 Å². The number of hydrogen-bond donors (Lipinski definition) is 0. The third-order valence-corrected chi connectivity index (χ3v) is 4.90. The smallest absolute Gasteiger partial charge is 0.163 e. The van der Waals surface area contributed by atoms with Crippen LogP contribution in [0.5, 0.6) is 0 Å². The van der Waals surface area contributed by atoms with Crippen LogP contribution in [-0.4, -0.2) is 36.5 Å². The minimum Gasteiger partial charge on any atom is -0.367 e. The summed E-state index contributed by atoms with van der Waals surface area (Å²) in [6.45, 7) is 8.40. The molecule has 2 saturated heterocycles. The number of rotatable bonds is 4. The van der Waals surface area contributed by atoms with Gasteiger partial charge in [0, 0.05) is 12.3 Å². The van der Waals surface area contributed by atoms with E-state index in [1.54, 1.807) is 0 Å². The van der Waals surface area contributed by atoms with E-state index in [-0.39, 0.29) is 35.9 Å². The molecule has 0 aliphatic carbocycles. The first kappa shape index (κ1) is 18.3. The lowest BCUT2D eigenvalue weighted by Crippen LogP contribution is -2.48. The van der Waals surface area contributed by atoms with Gasteiger partial charge in [0.1, 0.15) is 11.9 Å². The summed E-state index contributed by atoms with van der Waals surface area (Å²) in [7, 11) is 0. The summed E-state index contributed by atoms with van der Waals surface area (Å²) >= 11 is 0. The molecular weight excluding hydrogens is 316 g/mol. The molecule has 136 valence electrons. The van der Waals surface area contributed by atoms with Gasteiger partial charge >= 0.3 is 0 Å². The Morgan fingerprint density at radius 3 is 2.48 bits per heavy atom. The van der Waals surface area contributed by atoms with Gasteiger partial charge in [-0.3, -0.25) is 4.79 Å². The third-order valence-electron chi connectivity index (χ3n) is 4.90. The molecule has 0 N–H and O–H groups in total. The van der Waals surface area contributed by atoms with Crippen LogP contribution in [0.4, 0.5) is 0 Å². The van der Waals surface area contributed by atoms with Crippen LogP contribution >= 0.6 is 0 Å². The van der Waals surface area contributed by atoms with Gasteiger partial charge in [-0.15, -0.1) is 0 Å². The van der Waals surface area contributed by atoms with Crippen molar-refractivity contribution >= 4 is 11.9 Å². The summed E-state index contributed by atoms with van der Waals surface area (Å²) in [6, 6.07) is 10.1. The molecule has 1 aromatic carbocycles. The van der Waals surface area contributed by atoms with Crippen molar-refractivity contribution in [2.24, 2.45) is 11.8 Å². The summed E-state index contributed by atoms with van der Waals surface area (Å²) in [4.78, 5) is 12.8. The van der Waals surface area contributed by atoms with E-state index < -0.39 is 5.79 Å². The average molecular weight is 344 g/mol. The predicted molar refractivity (Wildman–Crippen MR) is 97.0 cm³/mol. The predicted octanol–water partition coefficient (Wildman–Crippen LogP) is 3.85. The van der Waals surface area contributed by atoms with Gasteiger partial charge in [0.25, 0.3) is 0 Å². The molecule has 0 amide bonds. The van der Waals surface area contributed by atoms with Crippen LogP contribution in [0, 0.1) is 11.8 Å². The number of ketones is 1. The van der Waals surface area contributed by atoms with Gasteiger partial charge in [-0.05, 0) is 25.3 Å². The Morgan fingerprint density at radius 2 is 1.88 bits per heavy atom. The number of carbonyl (C=O) groups excluding carboxylic acids is 1. The standard InChI is InChI=1S/C21H28O4/c1-14(2)20-16(22)12-18(19-13-23-21(3,4)25-19)24-17(20)11-10-15-8-6-5-7-9-15/h5-11,14,17-20H,12-13H2,1-4H3/b11-10+/t17-,18-,19-,20-/m1/s1. The minimum absolute atomic E-state index is 0.119. The van der Waals surface area contributed by atoms with Crippen LogP contribution in [0.1, 0.15) is 39.7 Å². The highest BCUT2D eigenvalue weighted by Gasteiger charge is 2.45. The van der Waals surface area contributed by atoms with Crippen LogP contribution in [0.25, 0.3) is 6.08 Å². The minimum atomic E-state index is -0.610. The van der Waals surface area contributed by atoms with Gasteiger partial charge in [0.2, 0.25) is 0 Å². The molecule has 1 aromatic rings. The Hall–Kier alpha value is -1.49. The number of Topliss-reactive ketones (excluding diaryl/α,β-unsaturated/α-hetero) is 1. The molecule has 3 rings (SSSR count). The largest absolute Gasteiger partial charge is 0.367 e. The van der Waals surface area contributed by atoms with E-state index in [4.69, 9.17) is 14.2 Å². The molecule has 2 aliphatic rings. The van der Waals surface area contributed by atoms with Crippen molar-refractivity contribution < 1.29 is 19.0 Å². The summed E-state index contributed by atoms with van der Waals surface area (Å²) in [5, 5.41) is 0. The maximum atomic E-state index is 12.8. The molecule has 4 heteroatoms. The van der Waals surface area contributed by atoms with Crippen LogP contribution in [0.15, 0.2) is 36.4 Å². The topological polar surface area (TPSA) is 44.8 Å². The normalized spacial score (nSPS) is 32.6. The Bertz CT molecular complexity index is 620. The fourth-order valence-electron chi connectivity index (χ4n) is 3.66. The Kier molecular flexibility index (Phi) is 5.42. The van der Waals surface area contributed by atoms with E-state index in [9.17, 15) is 4.79 Å². The van der Waals surface area contributed by atoms with Crippen molar-refractivity contribution in [3.8, 4) is 0 Å². The Labute approximate surface area is 150 Å². The molecule has 2 aliphatic heterocycles. The molecule has 4 atom stereocenters. The van der Waals surface area contributed by atoms with Crippen molar-refractivity contribution in [2.45, 2.75) is 58.2 Å². The molecule has 0 saturated carbocycles. The first-order valence-corrected chi connectivity index (χ1v) is 9.09. The monoisotopic (exact) mass is 344 g/mol. The van der Waals surface area contributed by atoms with Crippen molar-refractivity contribution in [1.82, 2.24) is 0 Å². The lowest BCUT2D eigenvalue weighted by atomic mass is 9.81.